The molecule has 1 aromatic heterocycles. The van der Waals surface area contributed by atoms with Gasteiger partial charge in [-0.15, -0.1) is 0 Å². The molecular weight excluding hydrogens is 286 g/mol. The number of pyridine rings is 1. The highest BCUT2D eigenvalue weighted by Gasteiger charge is 2.15. The Balaban J connectivity index is 1.56. The minimum Gasteiger partial charge on any atom is -0.322 e. The third kappa shape index (κ3) is 4.39. The lowest BCUT2D eigenvalue weighted by Gasteiger charge is -2.30. The first-order valence-corrected chi connectivity index (χ1v) is 8.23. The molecular formula is C19H23N3O. The van der Waals surface area contributed by atoms with Crippen LogP contribution < -0.4 is 5.32 Å². The van der Waals surface area contributed by atoms with Crippen LogP contribution in [0.25, 0.3) is 0 Å². The normalized spacial score (nSPS) is 16.2. The maximum Gasteiger partial charge on any atom is 0.255 e. The number of nitrogens with one attached hydrogen (secondary N) is 1. The van der Waals surface area contributed by atoms with Crippen molar-refractivity contribution in [2.24, 2.45) is 5.92 Å². The molecule has 1 aliphatic rings. The van der Waals surface area contributed by atoms with E-state index in [1.807, 2.05) is 12.1 Å². The van der Waals surface area contributed by atoms with Gasteiger partial charge in [0, 0.05) is 30.2 Å². The zero-order chi connectivity index (χ0) is 16.1. The number of piperidine rings is 1. The first kappa shape index (κ1) is 15.7. The van der Waals surface area contributed by atoms with E-state index in [0.29, 0.717) is 5.56 Å². The van der Waals surface area contributed by atoms with E-state index in [1.165, 1.54) is 31.5 Å². The molecule has 1 fully saturated rings. The van der Waals surface area contributed by atoms with Crippen LogP contribution in [0.3, 0.4) is 0 Å². The third-order valence-corrected chi connectivity index (χ3v) is 4.44. The molecule has 1 saturated heterocycles. The van der Waals surface area contributed by atoms with Crippen LogP contribution in [0.15, 0.2) is 48.8 Å². The summed E-state index contributed by atoms with van der Waals surface area (Å²) in [5, 5.41) is 2.91. The number of anilines is 1. The summed E-state index contributed by atoms with van der Waals surface area (Å²) >= 11 is 0. The van der Waals surface area contributed by atoms with Gasteiger partial charge in [0.25, 0.3) is 5.91 Å². The Kier molecular flexibility index (Phi) is 5.03. The molecule has 120 valence electrons. The number of hydrogen-bond acceptors (Lipinski definition) is 3. The molecule has 1 amide bonds. The second kappa shape index (κ2) is 7.38. The van der Waals surface area contributed by atoms with E-state index >= 15 is 0 Å². The zero-order valence-electron chi connectivity index (χ0n) is 13.5. The largest absolute Gasteiger partial charge is 0.322 e. The Hall–Kier alpha value is -2.20. The fourth-order valence-electron chi connectivity index (χ4n) is 2.88. The number of aromatic nitrogens is 1. The van der Waals surface area contributed by atoms with Crippen LogP contribution in [0.5, 0.6) is 0 Å². The highest BCUT2D eigenvalue weighted by molar-refractivity contribution is 6.04. The van der Waals surface area contributed by atoms with Crippen LogP contribution in [0.2, 0.25) is 0 Å². The van der Waals surface area contributed by atoms with E-state index in [4.69, 9.17) is 0 Å². The van der Waals surface area contributed by atoms with Crippen LogP contribution in [0.1, 0.15) is 35.7 Å². The SMILES string of the molecule is CC1CCN(Cc2ccc(NC(=O)c3ccncc3)cc2)CC1. The van der Waals surface area contributed by atoms with Crippen molar-refractivity contribution < 1.29 is 4.79 Å². The van der Waals surface area contributed by atoms with Gasteiger partial charge in [-0.2, -0.15) is 0 Å². The lowest BCUT2D eigenvalue weighted by Crippen LogP contribution is -2.32. The predicted octanol–water partition coefficient (Wildman–Crippen LogP) is 3.57. The molecule has 0 radical (unpaired) electrons. The second-order valence-corrected chi connectivity index (χ2v) is 6.35. The van der Waals surface area contributed by atoms with Crippen LogP contribution in [-0.4, -0.2) is 28.9 Å². The average molecular weight is 309 g/mol. The molecule has 0 atom stereocenters. The molecule has 1 N–H and O–H groups in total. The molecule has 0 spiro atoms. The maximum absolute atomic E-state index is 12.1. The summed E-state index contributed by atoms with van der Waals surface area (Å²) in [4.78, 5) is 18.5. The number of likely N-dealkylation sites (tertiary alicyclic amines) is 1. The van der Waals surface area contributed by atoms with Crippen LogP contribution in [0.4, 0.5) is 5.69 Å². The molecule has 2 aromatic rings. The van der Waals surface area contributed by atoms with Crippen LogP contribution >= 0.6 is 0 Å². The van der Waals surface area contributed by atoms with Crippen molar-refractivity contribution in [1.29, 1.82) is 0 Å². The molecule has 2 heterocycles. The first-order chi connectivity index (χ1) is 11.2. The standard InChI is InChI=1S/C19H23N3O/c1-15-8-12-22(13-9-15)14-16-2-4-18(5-3-16)21-19(23)17-6-10-20-11-7-17/h2-7,10-11,15H,8-9,12-14H2,1H3,(H,21,23). The van der Waals surface area contributed by atoms with Crippen molar-refractivity contribution in [3.8, 4) is 0 Å². The van der Waals surface area contributed by atoms with Gasteiger partial charge in [0.15, 0.2) is 0 Å². The lowest BCUT2D eigenvalue weighted by atomic mass is 9.99. The molecule has 0 aliphatic carbocycles. The van der Waals surface area contributed by atoms with Gasteiger partial charge in [0.1, 0.15) is 0 Å². The second-order valence-electron chi connectivity index (χ2n) is 6.35. The monoisotopic (exact) mass is 309 g/mol. The Morgan fingerprint density at radius 1 is 1.13 bits per heavy atom. The molecule has 0 bridgehead atoms. The van der Waals surface area contributed by atoms with Crippen molar-refractivity contribution in [3.05, 3.63) is 59.9 Å². The Bertz CT molecular complexity index is 631. The van der Waals surface area contributed by atoms with E-state index < -0.39 is 0 Å². The molecule has 4 heteroatoms. The van der Waals surface area contributed by atoms with Gasteiger partial charge < -0.3 is 5.32 Å². The Morgan fingerprint density at radius 3 is 2.43 bits per heavy atom. The van der Waals surface area contributed by atoms with E-state index in [-0.39, 0.29) is 5.91 Å². The summed E-state index contributed by atoms with van der Waals surface area (Å²) in [5.41, 5.74) is 2.73. The first-order valence-electron chi connectivity index (χ1n) is 8.23. The third-order valence-electron chi connectivity index (χ3n) is 4.44. The molecule has 0 unspecified atom stereocenters. The fraction of sp³-hybridized carbons (Fsp3) is 0.368. The summed E-state index contributed by atoms with van der Waals surface area (Å²) in [5.74, 6) is 0.752. The highest BCUT2D eigenvalue weighted by atomic mass is 16.1. The van der Waals surface area contributed by atoms with Gasteiger partial charge >= 0.3 is 0 Å². The van der Waals surface area contributed by atoms with Crippen molar-refractivity contribution in [2.45, 2.75) is 26.3 Å². The number of carbonyl (C=O) groups is 1. The summed E-state index contributed by atoms with van der Waals surface area (Å²) in [6.07, 6.45) is 5.83. The summed E-state index contributed by atoms with van der Waals surface area (Å²) in [6.45, 7) is 5.69. The molecule has 1 aromatic carbocycles. The molecule has 23 heavy (non-hydrogen) atoms. The zero-order valence-corrected chi connectivity index (χ0v) is 13.5. The summed E-state index contributed by atoms with van der Waals surface area (Å²) < 4.78 is 0. The van der Waals surface area contributed by atoms with E-state index in [1.54, 1.807) is 24.5 Å². The topological polar surface area (TPSA) is 45.2 Å². The predicted molar refractivity (Wildman–Crippen MR) is 92.3 cm³/mol. The summed E-state index contributed by atoms with van der Waals surface area (Å²) in [7, 11) is 0. The maximum atomic E-state index is 12.1. The number of rotatable bonds is 4. The van der Waals surface area contributed by atoms with Gasteiger partial charge in [-0.3, -0.25) is 14.7 Å². The molecule has 4 nitrogen and oxygen atoms in total. The van der Waals surface area contributed by atoms with Crippen LogP contribution in [0, 0.1) is 5.92 Å². The fourth-order valence-corrected chi connectivity index (χ4v) is 2.88. The number of amides is 1. The van der Waals surface area contributed by atoms with Gasteiger partial charge in [0.2, 0.25) is 0 Å². The number of carbonyl (C=O) groups excluding carboxylic acids is 1. The minimum absolute atomic E-state index is 0.106. The molecule has 0 saturated carbocycles. The number of hydrogen-bond donors (Lipinski definition) is 1. The number of nitrogens with zero attached hydrogens (tertiary/aromatic N) is 2. The summed E-state index contributed by atoms with van der Waals surface area (Å²) in [6, 6.07) is 11.6. The van der Waals surface area contributed by atoms with Crippen molar-refractivity contribution in [1.82, 2.24) is 9.88 Å². The average Bonchev–Trinajstić information content (AvgIpc) is 2.59. The smallest absolute Gasteiger partial charge is 0.255 e. The van der Waals surface area contributed by atoms with Gasteiger partial charge in [-0.25, -0.2) is 0 Å². The lowest BCUT2D eigenvalue weighted by molar-refractivity contribution is 0.102. The number of benzene rings is 1. The highest BCUT2D eigenvalue weighted by Crippen LogP contribution is 2.19. The van der Waals surface area contributed by atoms with Gasteiger partial charge in [-0.1, -0.05) is 19.1 Å². The van der Waals surface area contributed by atoms with Gasteiger partial charge in [-0.05, 0) is 61.7 Å². The van der Waals surface area contributed by atoms with E-state index in [0.717, 1.165) is 18.2 Å². The molecule has 3 rings (SSSR count). The van der Waals surface area contributed by atoms with E-state index in [2.05, 4.69) is 34.3 Å². The molecule has 1 aliphatic heterocycles. The van der Waals surface area contributed by atoms with Crippen molar-refractivity contribution >= 4 is 11.6 Å². The van der Waals surface area contributed by atoms with Gasteiger partial charge in [0.05, 0.1) is 0 Å². The van der Waals surface area contributed by atoms with Crippen molar-refractivity contribution in [2.75, 3.05) is 18.4 Å². The Labute approximate surface area is 137 Å². The van der Waals surface area contributed by atoms with E-state index in [9.17, 15) is 4.79 Å². The Morgan fingerprint density at radius 2 is 1.78 bits per heavy atom. The minimum atomic E-state index is -0.106. The van der Waals surface area contributed by atoms with Crippen molar-refractivity contribution in [3.63, 3.8) is 0 Å². The quantitative estimate of drug-likeness (QED) is 0.939. The van der Waals surface area contributed by atoms with Crippen LogP contribution in [-0.2, 0) is 6.54 Å².